The molecule has 0 bridgehead atoms. The third-order valence-electron chi connectivity index (χ3n) is 3.60. The SMILES string of the molecule is C=C/C=C1/C(=O)N(C2CCC(=O)NC2=O)C(=O)C1CC=C. The molecule has 2 unspecified atom stereocenters. The number of amides is 4. The van der Waals surface area contributed by atoms with Crippen LogP contribution < -0.4 is 5.32 Å². The van der Waals surface area contributed by atoms with E-state index in [1.54, 1.807) is 6.08 Å². The Balaban J connectivity index is 2.34. The number of hydrogen-bond donors (Lipinski definition) is 1. The van der Waals surface area contributed by atoms with E-state index in [4.69, 9.17) is 0 Å². The van der Waals surface area contributed by atoms with Crippen LogP contribution in [0.15, 0.2) is 37.0 Å². The molecule has 110 valence electrons. The summed E-state index contributed by atoms with van der Waals surface area (Å²) in [5, 5.41) is 2.16. The lowest BCUT2D eigenvalue weighted by Crippen LogP contribution is -2.54. The highest BCUT2D eigenvalue weighted by Gasteiger charge is 2.48. The summed E-state index contributed by atoms with van der Waals surface area (Å²) >= 11 is 0. The highest BCUT2D eigenvalue weighted by atomic mass is 16.2. The Kier molecular flexibility index (Phi) is 4.16. The van der Waals surface area contributed by atoms with Crippen molar-refractivity contribution in [2.24, 2.45) is 5.92 Å². The van der Waals surface area contributed by atoms with Gasteiger partial charge in [-0.1, -0.05) is 24.8 Å². The van der Waals surface area contributed by atoms with E-state index >= 15 is 0 Å². The van der Waals surface area contributed by atoms with Gasteiger partial charge in [0.1, 0.15) is 6.04 Å². The summed E-state index contributed by atoms with van der Waals surface area (Å²) in [4.78, 5) is 48.9. The second-order valence-corrected chi connectivity index (χ2v) is 4.91. The van der Waals surface area contributed by atoms with Gasteiger partial charge in [-0.2, -0.15) is 0 Å². The quantitative estimate of drug-likeness (QED) is 0.463. The predicted octanol–water partition coefficient (Wildman–Crippen LogP) is 0.465. The fourth-order valence-corrected chi connectivity index (χ4v) is 2.62. The van der Waals surface area contributed by atoms with Gasteiger partial charge in [0, 0.05) is 12.0 Å². The monoisotopic (exact) mass is 288 g/mol. The molecule has 0 aromatic carbocycles. The number of imide groups is 2. The van der Waals surface area contributed by atoms with E-state index in [9.17, 15) is 19.2 Å². The lowest BCUT2D eigenvalue weighted by molar-refractivity contribution is -0.150. The summed E-state index contributed by atoms with van der Waals surface area (Å²) in [5.41, 5.74) is 0.305. The number of nitrogens with zero attached hydrogens (tertiary/aromatic N) is 1. The number of piperidine rings is 1. The molecule has 2 aliphatic rings. The smallest absolute Gasteiger partial charge is 0.257 e. The van der Waals surface area contributed by atoms with Crippen molar-refractivity contribution in [3.8, 4) is 0 Å². The van der Waals surface area contributed by atoms with Crippen LogP contribution in [-0.2, 0) is 19.2 Å². The summed E-state index contributed by atoms with van der Waals surface area (Å²) in [5.74, 6) is -2.56. The number of likely N-dealkylation sites (tertiary alicyclic amines) is 1. The van der Waals surface area contributed by atoms with Crippen molar-refractivity contribution in [2.45, 2.75) is 25.3 Å². The van der Waals surface area contributed by atoms with Gasteiger partial charge in [0.25, 0.3) is 5.91 Å². The molecule has 1 N–H and O–H groups in total. The lowest BCUT2D eigenvalue weighted by Gasteiger charge is -2.27. The van der Waals surface area contributed by atoms with Crippen LogP contribution in [0.5, 0.6) is 0 Å². The molecule has 6 heteroatoms. The molecule has 6 nitrogen and oxygen atoms in total. The van der Waals surface area contributed by atoms with Gasteiger partial charge in [-0.05, 0) is 12.8 Å². The van der Waals surface area contributed by atoms with Gasteiger partial charge in [0.05, 0.1) is 5.92 Å². The highest BCUT2D eigenvalue weighted by Crippen LogP contribution is 2.32. The normalized spacial score (nSPS) is 28.0. The average molecular weight is 288 g/mol. The van der Waals surface area contributed by atoms with E-state index < -0.39 is 29.7 Å². The van der Waals surface area contributed by atoms with Gasteiger partial charge in [0.2, 0.25) is 17.7 Å². The Morgan fingerprint density at radius 3 is 2.52 bits per heavy atom. The summed E-state index contributed by atoms with van der Waals surface area (Å²) in [6, 6.07) is -0.925. The molecular weight excluding hydrogens is 272 g/mol. The maximum atomic E-state index is 12.4. The predicted molar refractivity (Wildman–Crippen MR) is 74.6 cm³/mol. The molecule has 2 rings (SSSR count). The topological polar surface area (TPSA) is 83.6 Å². The fourth-order valence-electron chi connectivity index (χ4n) is 2.62. The van der Waals surface area contributed by atoms with Crippen LogP contribution in [0, 0.1) is 5.92 Å². The highest BCUT2D eigenvalue weighted by molar-refractivity contribution is 6.18. The van der Waals surface area contributed by atoms with Crippen LogP contribution in [0.2, 0.25) is 0 Å². The number of hydrogen-bond acceptors (Lipinski definition) is 4. The number of carbonyl (C=O) groups excluding carboxylic acids is 4. The molecule has 2 aliphatic heterocycles. The van der Waals surface area contributed by atoms with Gasteiger partial charge in [0.15, 0.2) is 0 Å². The van der Waals surface area contributed by atoms with Crippen molar-refractivity contribution in [2.75, 3.05) is 0 Å². The Bertz CT molecular complexity index is 576. The van der Waals surface area contributed by atoms with E-state index in [0.717, 1.165) is 4.90 Å². The van der Waals surface area contributed by atoms with Crippen LogP contribution in [0.3, 0.4) is 0 Å². The summed E-state index contributed by atoms with van der Waals surface area (Å²) in [7, 11) is 0. The minimum absolute atomic E-state index is 0.111. The van der Waals surface area contributed by atoms with Crippen LogP contribution in [0.25, 0.3) is 0 Å². The minimum Gasteiger partial charge on any atom is -0.295 e. The van der Waals surface area contributed by atoms with E-state index in [1.807, 2.05) is 0 Å². The minimum atomic E-state index is -0.925. The van der Waals surface area contributed by atoms with E-state index in [2.05, 4.69) is 18.5 Å². The molecule has 0 aromatic heterocycles. The first-order valence-corrected chi connectivity index (χ1v) is 6.65. The molecule has 2 heterocycles. The standard InChI is InChI=1S/C15H16N2O4/c1-3-5-9-10(6-4-2)15(21)17(14(9)20)11-7-8-12(18)16-13(11)19/h3-5,10-11H,1-2,6-8H2,(H,16,18,19)/b9-5+. The second-order valence-electron chi connectivity index (χ2n) is 4.91. The first kappa shape index (κ1) is 14.9. The summed E-state index contributed by atoms with van der Waals surface area (Å²) in [6.07, 6.45) is 5.06. The Labute approximate surface area is 122 Å². The van der Waals surface area contributed by atoms with Crippen molar-refractivity contribution >= 4 is 23.6 Å². The third-order valence-corrected chi connectivity index (χ3v) is 3.60. The molecular formula is C15H16N2O4. The Morgan fingerprint density at radius 1 is 1.24 bits per heavy atom. The molecule has 0 spiro atoms. The van der Waals surface area contributed by atoms with Crippen molar-refractivity contribution < 1.29 is 19.2 Å². The number of allylic oxidation sites excluding steroid dienone is 3. The molecule has 2 fully saturated rings. The second kappa shape index (κ2) is 5.87. The van der Waals surface area contributed by atoms with Crippen molar-refractivity contribution in [3.05, 3.63) is 37.0 Å². The van der Waals surface area contributed by atoms with Crippen LogP contribution in [0.1, 0.15) is 19.3 Å². The van der Waals surface area contributed by atoms with Gasteiger partial charge in [-0.3, -0.25) is 29.4 Å². The fraction of sp³-hybridized carbons (Fsp3) is 0.333. The van der Waals surface area contributed by atoms with Gasteiger partial charge in [-0.25, -0.2) is 0 Å². The van der Waals surface area contributed by atoms with Gasteiger partial charge in [-0.15, -0.1) is 6.58 Å². The van der Waals surface area contributed by atoms with E-state index in [-0.39, 0.29) is 18.7 Å². The third kappa shape index (κ3) is 2.56. The van der Waals surface area contributed by atoms with Crippen LogP contribution >= 0.6 is 0 Å². The zero-order chi connectivity index (χ0) is 15.6. The molecule has 0 aliphatic carbocycles. The molecule has 2 atom stereocenters. The first-order chi connectivity index (χ1) is 10.0. The molecule has 0 saturated carbocycles. The molecule has 2 saturated heterocycles. The number of rotatable bonds is 4. The number of nitrogens with one attached hydrogen (secondary N) is 1. The van der Waals surface area contributed by atoms with E-state index in [1.165, 1.54) is 12.2 Å². The van der Waals surface area contributed by atoms with Crippen molar-refractivity contribution in [1.29, 1.82) is 0 Å². The summed E-state index contributed by atoms with van der Waals surface area (Å²) in [6.45, 7) is 7.11. The number of carbonyl (C=O) groups is 4. The molecule has 21 heavy (non-hydrogen) atoms. The summed E-state index contributed by atoms with van der Waals surface area (Å²) < 4.78 is 0. The zero-order valence-corrected chi connectivity index (χ0v) is 11.5. The molecule has 4 amide bonds. The van der Waals surface area contributed by atoms with Crippen molar-refractivity contribution in [1.82, 2.24) is 10.2 Å². The zero-order valence-electron chi connectivity index (χ0n) is 11.5. The van der Waals surface area contributed by atoms with E-state index in [0.29, 0.717) is 12.0 Å². The Morgan fingerprint density at radius 2 is 1.95 bits per heavy atom. The van der Waals surface area contributed by atoms with Gasteiger partial charge < -0.3 is 0 Å². The molecule has 0 radical (unpaired) electrons. The maximum Gasteiger partial charge on any atom is 0.257 e. The average Bonchev–Trinajstić information content (AvgIpc) is 2.65. The maximum absolute atomic E-state index is 12.4. The lowest BCUT2D eigenvalue weighted by atomic mass is 9.98. The molecule has 0 aromatic rings. The van der Waals surface area contributed by atoms with Crippen LogP contribution in [0.4, 0.5) is 0 Å². The van der Waals surface area contributed by atoms with Crippen molar-refractivity contribution in [3.63, 3.8) is 0 Å². The largest absolute Gasteiger partial charge is 0.295 e. The van der Waals surface area contributed by atoms with Crippen LogP contribution in [-0.4, -0.2) is 34.6 Å². The van der Waals surface area contributed by atoms with Gasteiger partial charge >= 0.3 is 0 Å². The first-order valence-electron chi connectivity index (χ1n) is 6.65. The Hall–Kier alpha value is -2.50.